The maximum absolute atomic E-state index is 12.7. The highest BCUT2D eigenvalue weighted by Gasteiger charge is 2.35. The fourth-order valence-corrected chi connectivity index (χ4v) is 3.62. The van der Waals surface area contributed by atoms with Gasteiger partial charge in [0.15, 0.2) is 0 Å². The fourth-order valence-electron chi connectivity index (χ4n) is 2.86. The van der Waals surface area contributed by atoms with Gasteiger partial charge in [-0.2, -0.15) is 0 Å². The van der Waals surface area contributed by atoms with Gasteiger partial charge in [0, 0.05) is 21.1 Å². The lowest BCUT2D eigenvalue weighted by molar-refractivity contribution is -0.155. The molecule has 0 aromatic heterocycles. The molecule has 0 radical (unpaired) electrons. The summed E-state index contributed by atoms with van der Waals surface area (Å²) in [6.07, 6.45) is 0.737. The van der Waals surface area contributed by atoms with E-state index in [1.54, 1.807) is 24.3 Å². The predicted octanol–water partition coefficient (Wildman–Crippen LogP) is 2.86. The van der Waals surface area contributed by atoms with Gasteiger partial charge in [-0.3, -0.25) is 19.3 Å². The largest absolute Gasteiger partial charge is 0.481 e. The number of imide groups is 1. The molecule has 0 spiro atoms. The van der Waals surface area contributed by atoms with E-state index in [-0.39, 0.29) is 30.9 Å². The summed E-state index contributed by atoms with van der Waals surface area (Å²) in [5.41, 5.74) is 1.50. The quantitative estimate of drug-likeness (QED) is 0.428. The van der Waals surface area contributed by atoms with Crippen LogP contribution in [-0.2, 0) is 25.5 Å². The average molecular weight is 378 g/mol. The highest BCUT2D eigenvalue weighted by molar-refractivity contribution is 6.76. The molecule has 1 aliphatic rings. The molecule has 2 rings (SSSR count). The summed E-state index contributed by atoms with van der Waals surface area (Å²) in [7, 11) is -1.22. The van der Waals surface area contributed by atoms with E-state index >= 15 is 0 Å². The molecule has 1 N–H and O–H groups in total. The number of benzene rings is 1. The van der Waals surface area contributed by atoms with Crippen molar-refractivity contribution in [2.45, 2.75) is 50.9 Å². The molecule has 0 aliphatic carbocycles. The Morgan fingerprint density at radius 2 is 1.88 bits per heavy atom. The summed E-state index contributed by atoms with van der Waals surface area (Å²) in [5, 5.41) is 8.83. The van der Waals surface area contributed by atoms with Gasteiger partial charge in [0.2, 0.25) is 11.8 Å². The Morgan fingerprint density at radius 3 is 2.46 bits per heavy atom. The number of ether oxygens (including phenoxy) is 1. The van der Waals surface area contributed by atoms with E-state index in [0.29, 0.717) is 25.0 Å². The van der Waals surface area contributed by atoms with Crippen LogP contribution in [0.5, 0.6) is 0 Å². The van der Waals surface area contributed by atoms with Crippen molar-refractivity contribution in [3.05, 3.63) is 35.4 Å². The summed E-state index contributed by atoms with van der Waals surface area (Å²) in [4.78, 5) is 36.8. The van der Waals surface area contributed by atoms with Crippen LogP contribution in [0.1, 0.15) is 29.9 Å². The molecule has 1 saturated heterocycles. The van der Waals surface area contributed by atoms with Crippen LogP contribution in [0.2, 0.25) is 25.7 Å². The summed E-state index contributed by atoms with van der Waals surface area (Å²) >= 11 is 0. The second kappa shape index (κ2) is 8.59. The highest BCUT2D eigenvalue weighted by atomic mass is 28.3. The van der Waals surface area contributed by atoms with Crippen LogP contribution < -0.4 is 0 Å². The maximum Gasteiger partial charge on any atom is 0.307 e. The lowest BCUT2D eigenvalue weighted by Gasteiger charge is -2.31. The molecule has 1 atom stereocenters. The molecule has 1 aromatic carbocycles. The Balaban J connectivity index is 1.99. The van der Waals surface area contributed by atoms with Crippen molar-refractivity contribution < 1.29 is 24.2 Å². The normalized spacial score (nSPS) is 18.3. The van der Waals surface area contributed by atoms with Crippen LogP contribution in [-0.4, -0.2) is 49.2 Å². The third-order valence-corrected chi connectivity index (χ3v) is 6.17. The molecule has 0 bridgehead atoms. The van der Waals surface area contributed by atoms with Crippen LogP contribution in [0.25, 0.3) is 0 Å². The topological polar surface area (TPSA) is 83.9 Å². The number of likely N-dealkylation sites (tertiary alicyclic amines) is 1. The minimum atomic E-state index is -1.22. The predicted molar refractivity (Wildman–Crippen MR) is 101 cm³/mol. The van der Waals surface area contributed by atoms with Gasteiger partial charge in [0.1, 0.15) is 6.73 Å². The Hall–Kier alpha value is -1.99. The first-order valence-electron chi connectivity index (χ1n) is 8.90. The SMILES string of the molecule is C[Si](C)(C)CCOCN1C(=O)CCC(c2ccc(CC(=O)O)cc2)C1=O. The molecule has 1 fully saturated rings. The Kier molecular flexibility index (Phi) is 6.72. The Bertz CT molecular complexity index is 666. The van der Waals surface area contributed by atoms with Crippen molar-refractivity contribution in [1.29, 1.82) is 0 Å². The van der Waals surface area contributed by atoms with Crippen molar-refractivity contribution in [2.75, 3.05) is 13.3 Å². The molecule has 1 aliphatic heterocycles. The molecule has 1 heterocycles. The summed E-state index contributed by atoms with van der Waals surface area (Å²) < 4.78 is 5.59. The fraction of sp³-hybridized carbons (Fsp3) is 0.526. The molecule has 26 heavy (non-hydrogen) atoms. The highest BCUT2D eigenvalue weighted by Crippen LogP contribution is 2.29. The van der Waals surface area contributed by atoms with Gasteiger partial charge in [0.05, 0.1) is 12.3 Å². The van der Waals surface area contributed by atoms with Gasteiger partial charge in [0.25, 0.3) is 0 Å². The molecule has 6 nitrogen and oxygen atoms in total. The zero-order valence-corrected chi connectivity index (χ0v) is 16.7. The first kappa shape index (κ1) is 20.3. The van der Waals surface area contributed by atoms with Crippen molar-refractivity contribution >= 4 is 25.9 Å². The number of carbonyl (C=O) groups is 3. The third-order valence-electron chi connectivity index (χ3n) is 4.47. The number of amides is 2. The van der Waals surface area contributed by atoms with Crippen LogP contribution in [0, 0.1) is 0 Å². The number of nitrogens with zero attached hydrogens (tertiary/aromatic N) is 1. The van der Waals surface area contributed by atoms with E-state index in [2.05, 4.69) is 19.6 Å². The van der Waals surface area contributed by atoms with Crippen molar-refractivity contribution in [3.8, 4) is 0 Å². The number of carbonyl (C=O) groups excluding carboxylic acids is 2. The van der Waals surface area contributed by atoms with Crippen molar-refractivity contribution in [3.63, 3.8) is 0 Å². The summed E-state index contributed by atoms with van der Waals surface area (Å²) in [6.45, 7) is 7.31. The average Bonchev–Trinajstić information content (AvgIpc) is 2.53. The summed E-state index contributed by atoms with van der Waals surface area (Å²) in [6, 6.07) is 7.99. The standard InChI is InChI=1S/C19H27NO5Si/c1-26(2,3)11-10-25-13-20-17(21)9-8-16(19(20)24)15-6-4-14(5-7-15)12-18(22)23/h4-7,16H,8-13H2,1-3H3,(H,22,23). The number of hydrogen-bond donors (Lipinski definition) is 1. The minimum Gasteiger partial charge on any atom is -0.481 e. The first-order valence-corrected chi connectivity index (χ1v) is 12.6. The van der Waals surface area contributed by atoms with Crippen molar-refractivity contribution in [1.82, 2.24) is 4.90 Å². The molecule has 2 amide bonds. The van der Waals surface area contributed by atoms with Gasteiger partial charge < -0.3 is 9.84 Å². The van der Waals surface area contributed by atoms with Gasteiger partial charge in [-0.25, -0.2) is 0 Å². The molecular formula is C19H27NO5Si. The van der Waals surface area contributed by atoms with Gasteiger partial charge in [-0.05, 0) is 23.6 Å². The smallest absolute Gasteiger partial charge is 0.307 e. The number of carboxylic acids is 1. The third kappa shape index (κ3) is 5.78. The van der Waals surface area contributed by atoms with Gasteiger partial charge >= 0.3 is 5.97 Å². The van der Waals surface area contributed by atoms with Crippen LogP contribution in [0.3, 0.4) is 0 Å². The lowest BCUT2D eigenvalue weighted by atomic mass is 9.89. The van der Waals surface area contributed by atoms with Gasteiger partial charge in [-0.15, -0.1) is 0 Å². The van der Waals surface area contributed by atoms with Gasteiger partial charge in [-0.1, -0.05) is 43.9 Å². The number of piperidine rings is 1. The van der Waals surface area contributed by atoms with Crippen LogP contribution in [0.15, 0.2) is 24.3 Å². The molecule has 1 unspecified atom stereocenters. The first-order chi connectivity index (χ1) is 12.2. The zero-order chi connectivity index (χ0) is 19.3. The van der Waals surface area contributed by atoms with E-state index in [9.17, 15) is 14.4 Å². The number of aliphatic carboxylic acids is 1. The van der Waals surface area contributed by atoms with E-state index < -0.39 is 14.0 Å². The number of hydrogen-bond acceptors (Lipinski definition) is 4. The molecule has 7 heteroatoms. The molecular weight excluding hydrogens is 350 g/mol. The van der Waals surface area contributed by atoms with E-state index in [0.717, 1.165) is 11.6 Å². The Labute approximate surface area is 155 Å². The maximum atomic E-state index is 12.7. The van der Waals surface area contributed by atoms with E-state index in [4.69, 9.17) is 9.84 Å². The zero-order valence-electron chi connectivity index (χ0n) is 15.7. The molecule has 0 saturated carbocycles. The number of rotatable bonds is 8. The van der Waals surface area contributed by atoms with Crippen molar-refractivity contribution in [2.24, 2.45) is 0 Å². The van der Waals surface area contributed by atoms with Crippen LogP contribution >= 0.6 is 0 Å². The lowest BCUT2D eigenvalue weighted by Crippen LogP contribution is -2.45. The second-order valence-electron chi connectivity index (χ2n) is 7.91. The van der Waals surface area contributed by atoms with Crippen LogP contribution in [0.4, 0.5) is 0 Å². The second-order valence-corrected chi connectivity index (χ2v) is 13.5. The number of carboxylic acid groups (broad SMARTS) is 1. The summed E-state index contributed by atoms with van der Waals surface area (Å²) in [5.74, 6) is -1.70. The van der Waals surface area contributed by atoms with E-state index in [1.165, 1.54) is 4.90 Å². The Morgan fingerprint density at radius 1 is 1.23 bits per heavy atom. The minimum absolute atomic E-state index is 0.00967. The van der Waals surface area contributed by atoms with E-state index in [1.807, 2.05) is 0 Å². The molecule has 142 valence electrons. The monoisotopic (exact) mass is 377 g/mol. The molecule has 1 aromatic rings.